The summed E-state index contributed by atoms with van der Waals surface area (Å²) in [7, 11) is 0. The number of fused-ring (bicyclic) bond motifs is 1. The van der Waals surface area contributed by atoms with Gasteiger partial charge < -0.3 is 9.88 Å². The molecule has 0 aliphatic carbocycles. The van der Waals surface area contributed by atoms with Crippen molar-refractivity contribution in [1.82, 2.24) is 14.9 Å². The molecule has 2 aromatic carbocycles. The van der Waals surface area contributed by atoms with Gasteiger partial charge in [-0.05, 0) is 37.1 Å². The number of carbonyl (C=O) groups is 1. The van der Waals surface area contributed by atoms with Gasteiger partial charge in [-0.15, -0.1) is 0 Å². The molecule has 0 saturated heterocycles. The molecule has 0 fully saturated rings. The van der Waals surface area contributed by atoms with Crippen molar-refractivity contribution >= 4 is 16.9 Å². The summed E-state index contributed by atoms with van der Waals surface area (Å²) >= 11 is 0. The molecule has 0 radical (unpaired) electrons. The summed E-state index contributed by atoms with van der Waals surface area (Å²) < 4.78 is 2.39. The highest BCUT2D eigenvalue weighted by atomic mass is 16.1. The number of aromatic nitrogens is 2. The molecule has 1 amide bonds. The molecule has 4 heteroatoms. The van der Waals surface area contributed by atoms with Gasteiger partial charge in [0.15, 0.2) is 0 Å². The van der Waals surface area contributed by atoms with Gasteiger partial charge in [0.2, 0.25) is 0 Å². The fourth-order valence-electron chi connectivity index (χ4n) is 4.11. The Morgan fingerprint density at radius 1 is 0.839 bits per heavy atom. The number of aryl methyl sites for hydroxylation is 2. The zero-order valence-electron chi connectivity index (χ0n) is 19.0. The SMILES string of the molecule is CCCCCCCCCCn1c(CCCNC(=O)c2ccccc2)nc2ccccc21. The Labute approximate surface area is 187 Å². The van der Waals surface area contributed by atoms with Crippen LogP contribution in [0.1, 0.15) is 80.9 Å². The van der Waals surface area contributed by atoms with E-state index in [0.29, 0.717) is 12.1 Å². The highest BCUT2D eigenvalue weighted by Gasteiger charge is 2.10. The molecule has 1 heterocycles. The highest BCUT2D eigenvalue weighted by Crippen LogP contribution is 2.19. The summed E-state index contributed by atoms with van der Waals surface area (Å²) in [4.78, 5) is 17.1. The minimum absolute atomic E-state index is 0.00644. The van der Waals surface area contributed by atoms with Crippen LogP contribution in [0.2, 0.25) is 0 Å². The van der Waals surface area contributed by atoms with Crippen molar-refractivity contribution in [3.05, 3.63) is 66.0 Å². The van der Waals surface area contributed by atoms with E-state index in [0.717, 1.165) is 30.7 Å². The van der Waals surface area contributed by atoms with Gasteiger partial charge >= 0.3 is 0 Å². The van der Waals surface area contributed by atoms with Gasteiger partial charge in [0.1, 0.15) is 5.82 Å². The molecule has 3 rings (SSSR count). The van der Waals surface area contributed by atoms with Gasteiger partial charge in [-0.2, -0.15) is 0 Å². The number of para-hydroxylation sites is 2. The Kier molecular flexibility index (Phi) is 9.62. The van der Waals surface area contributed by atoms with Gasteiger partial charge in [0.05, 0.1) is 11.0 Å². The second kappa shape index (κ2) is 12.9. The highest BCUT2D eigenvalue weighted by molar-refractivity contribution is 5.94. The summed E-state index contributed by atoms with van der Waals surface area (Å²) in [6.45, 7) is 3.96. The van der Waals surface area contributed by atoms with Crippen LogP contribution in [0.4, 0.5) is 0 Å². The van der Waals surface area contributed by atoms with E-state index in [4.69, 9.17) is 4.98 Å². The molecule has 31 heavy (non-hydrogen) atoms. The second-order valence-corrected chi connectivity index (χ2v) is 8.37. The van der Waals surface area contributed by atoms with Gasteiger partial charge in [-0.1, -0.05) is 82.2 Å². The van der Waals surface area contributed by atoms with E-state index in [1.165, 1.54) is 56.9 Å². The summed E-state index contributed by atoms with van der Waals surface area (Å²) in [5, 5.41) is 3.03. The van der Waals surface area contributed by atoms with Crippen molar-refractivity contribution in [2.75, 3.05) is 6.54 Å². The van der Waals surface area contributed by atoms with Crippen molar-refractivity contribution in [2.45, 2.75) is 77.7 Å². The quantitative estimate of drug-likeness (QED) is 0.302. The number of amides is 1. The van der Waals surface area contributed by atoms with Crippen LogP contribution in [-0.2, 0) is 13.0 Å². The first kappa shape index (κ1) is 23.1. The van der Waals surface area contributed by atoms with Crippen LogP contribution in [0.25, 0.3) is 11.0 Å². The monoisotopic (exact) mass is 419 g/mol. The lowest BCUT2D eigenvalue weighted by molar-refractivity contribution is 0.0953. The molecular weight excluding hydrogens is 382 g/mol. The van der Waals surface area contributed by atoms with Crippen LogP contribution in [0.5, 0.6) is 0 Å². The molecule has 4 nitrogen and oxygen atoms in total. The molecule has 0 saturated carbocycles. The zero-order valence-corrected chi connectivity index (χ0v) is 19.0. The third-order valence-electron chi connectivity index (χ3n) is 5.87. The van der Waals surface area contributed by atoms with Crippen molar-refractivity contribution in [3.63, 3.8) is 0 Å². The first-order valence-corrected chi connectivity index (χ1v) is 12.1. The smallest absolute Gasteiger partial charge is 0.251 e. The minimum Gasteiger partial charge on any atom is -0.352 e. The number of rotatable bonds is 14. The van der Waals surface area contributed by atoms with Crippen molar-refractivity contribution in [2.24, 2.45) is 0 Å². The molecule has 1 N–H and O–H groups in total. The van der Waals surface area contributed by atoms with Crippen LogP contribution < -0.4 is 5.32 Å². The maximum atomic E-state index is 12.2. The van der Waals surface area contributed by atoms with Crippen LogP contribution >= 0.6 is 0 Å². The third-order valence-corrected chi connectivity index (χ3v) is 5.87. The standard InChI is InChI=1S/C27H37N3O/c1-2-3-4-5-6-7-8-14-22-30-25-19-13-12-18-24(25)29-26(30)20-15-21-28-27(31)23-16-10-9-11-17-23/h9-13,16-19H,2-8,14-15,20-22H2,1H3,(H,28,31). The Bertz CT molecular complexity index is 917. The first-order valence-electron chi connectivity index (χ1n) is 12.1. The fraction of sp³-hybridized carbons (Fsp3) is 0.481. The molecule has 0 atom stereocenters. The minimum atomic E-state index is -0.00644. The Balaban J connectivity index is 1.47. The Morgan fingerprint density at radius 2 is 1.52 bits per heavy atom. The molecule has 0 unspecified atom stereocenters. The number of nitrogens with zero attached hydrogens (tertiary/aromatic N) is 2. The molecule has 3 aromatic rings. The molecule has 166 valence electrons. The predicted molar refractivity (Wildman–Crippen MR) is 129 cm³/mol. The average molecular weight is 420 g/mol. The maximum absolute atomic E-state index is 12.2. The van der Waals surface area contributed by atoms with E-state index < -0.39 is 0 Å². The number of imidazole rings is 1. The lowest BCUT2D eigenvalue weighted by Gasteiger charge is -2.10. The van der Waals surface area contributed by atoms with Gasteiger partial charge in [0.25, 0.3) is 5.91 Å². The molecule has 0 bridgehead atoms. The topological polar surface area (TPSA) is 46.9 Å². The molecule has 0 aliphatic rings. The summed E-state index contributed by atoms with van der Waals surface area (Å²) in [6.07, 6.45) is 12.4. The van der Waals surface area contributed by atoms with Crippen LogP contribution in [-0.4, -0.2) is 22.0 Å². The maximum Gasteiger partial charge on any atom is 0.251 e. The molecule has 0 spiro atoms. The summed E-state index contributed by atoms with van der Waals surface area (Å²) in [6, 6.07) is 17.8. The summed E-state index contributed by atoms with van der Waals surface area (Å²) in [5.74, 6) is 1.13. The van der Waals surface area contributed by atoms with Gasteiger partial charge in [0, 0.05) is 25.1 Å². The van der Waals surface area contributed by atoms with Crippen molar-refractivity contribution in [1.29, 1.82) is 0 Å². The average Bonchev–Trinajstić information content (AvgIpc) is 3.16. The predicted octanol–water partition coefficient (Wildman–Crippen LogP) is 6.54. The van der Waals surface area contributed by atoms with E-state index in [9.17, 15) is 4.79 Å². The first-order chi connectivity index (χ1) is 15.3. The van der Waals surface area contributed by atoms with E-state index in [1.54, 1.807) is 0 Å². The fourth-order valence-corrected chi connectivity index (χ4v) is 4.11. The van der Waals surface area contributed by atoms with E-state index in [-0.39, 0.29) is 5.91 Å². The third kappa shape index (κ3) is 7.23. The molecule has 1 aromatic heterocycles. The van der Waals surface area contributed by atoms with Crippen LogP contribution in [0.3, 0.4) is 0 Å². The van der Waals surface area contributed by atoms with E-state index in [2.05, 4.69) is 41.1 Å². The molecular formula is C27H37N3O. The van der Waals surface area contributed by atoms with Crippen molar-refractivity contribution < 1.29 is 4.79 Å². The van der Waals surface area contributed by atoms with Gasteiger partial charge in [-0.25, -0.2) is 4.98 Å². The number of carbonyl (C=O) groups excluding carboxylic acids is 1. The van der Waals surface area contributed by atoms with Gasteiger partial charge in [-0.3, -0.25) is 4.79 Å². The van der Waals surface area contributed by atoms with Crippen LogP contribution in [0.15, 0.2) is 54.6 Å². The normalized spacial score (nSPS) is 11.1. The van der Waals surface area contributed by atoms with E-state index in [1.807, 2.05) is 30.3 Å². The second-order valence-electron chi connectivity index (χ2n) is 8.37. The largest absolute Gasteiger partial charge is 0.352 e. The number of hydrogen-bond acceptors (Lipinski definition) is 2. The number of benzene rings is 2. The summed E-state index contributed by atoms with van der Waals surface area (Å²) in [5.41, 5.74) is 3.02. The zero-order chi connectivity index (χ0) is 21.7. The van der Waals surface area contributed by atoms with E-state index >= 15 is 0 Å². The Morgan fingerprint density at radius 3 is 2.29 bits per heavy atom. The Hall–Kier alpha value is -2.62. The molecule has 0 aliphatic heterocycles. The number of hydrogen-bond donors (Lipinski definition) is 1. The lowest BCUT2D eigenvalue weighted by Crippen LogP contribution is -2.24. The number of unbranched alkanes of at least 4 members (excludes halogenated alkanes) is 7. The van der Waals surface area contributed by atoms with Crippen LogP contribution in [0, 0.1) is 0 Å². The number of nitrogens with one attached hydrogen (secondary N) is 1. The van der Waals surface area contributed by atoms with Crippen molar-refractivity contribution in [3.8, 4) is 0 Å². The lowest BCUT2D eigenvalue weighted by atomic mass is 10.1.